The number of aromatic nitrogens is 6. The number of nitrogens with one attached hydrogen (secondary N) is 2. The van der Waals surface area contributed by atoms with Crippen LogP contribution >= 0.6 is 0 Å². The first-order valence-electron chi connectivity index (χ1n) is 13.9. The summed E-state index contributed by atoms with van der Waals surface area (Å²) in [5, 5.41) is 7.53. The molecule has 2 atom stereocenters. The molecule has 3 aromatic rings. The minimum Gasteiger partial charge on any atom is -0.377 e. The highest BCUT2D eigenvalue weighted by Crippen LogP contribution is 2.37. The number of fused-ring (bicyclic) bond motifs is 1. The molecule has 0 aromatic carbocycles. The van der Waals surface area contributed by atoms with Gasteiger partial charge in [0.2, 0.25) is 17.6 Å². The van der Waals surface area contributed by atoms with Crippen molar-refractivity contribution in [1.29, 1.82) is 0 Å². The quantitative estimate of drug-likeness (QED) is 0.450. The first kappa shape index (κ1) is 24.9. The average molecular weight is 521 g/mol. The van der Waals surface area contributed by atoms with Gasteiger partial charge in [0.05, 0.1) is 19.3 Å². The molecule has 38 heavy (non-hydrogen) atoms. The Morgan fingerprint density at radius 2 is 2.00 bits per heavy atom. The predicted octanol–water partition coefficient (Wildman–Crippen LogP) is 3.43. The number of rotatable bonds is 7. The van der Waals surface area contributed by atoms with E-state index in [1.54, 1.807) is 0 Å². The van der Waals surface area contributed by atoms with Crippen LogP contribution in [0.1, 0.15) is 58.8 Å². The molecule has 0 spiro atoms. The normalized spacial score (nSPS) is 25.2. The molecule has 2 N–H and O–H groups in total. The third kappa shape index (κ3) is 4.77. The molecule has 6 rings (SSSR count). The maximum absolute atomic E-state index is 11.7. The topological polar surface area (TPSA) is 127 Å². The molecule has 202 valence electrons. The van der Waals surface area contributed by atoms with Crippen LogP contribution in [0.15, 0.2) is 9.32 Å². The molecule has 3 aromatic heterocycles. The highest BCUT2D eigenvalue weighted by Gasteiger charge is 2.31. The Bertz CT molecular complexity index is 1380. The average Bonchev–Trinajstić information content (AvgIpc) is 3.47. The van der Waals surface area contributed by atoms with E-state index in [0.29, 0.717) is 42.4 Å². The molecule has 2 saturated carbocycles. The van der Waals surface area contributed by atoms with Gasteiger partial charge in [-0.05, 0) is 64.2 Å². The molecule has 0 bridgehead atoms. The molecule has 0 amide bonds. The Morgan fingerprint density at radius 3 is 2.66 bits per heavy atom. The Hall–Kier alpha value is -3.39. The Labute approximate surface area is 221 Å². The summed E-state index contributed by atoms with van der Waals surface area (Å²) in [6.45, 7) is 7.26. The van der Waals surface area contributed by atoms with Crippen LogP contribution in [-0.4, -0.2) is 61.5 Å². The summed E-state index contributed by atoms with van der Waals surface area (Å²) in [6, 6.07) is 0.423. The Balaban J connectivity index is 1.46. The second-order valence-corrected chi connectivity index (χ2v) is 11.2. The molecular formula is C27H36N8O3. The molecule has 1 aliphatic heterocycles. The number of ether oxygens (including phenoxy) is 1. The molecule has 3 aliphatic rings. The maximum atomic E-state index is 11.7. The highest BCUT2D eigenvalue weighted by atomic mass is 16.5. The Kier molecular flexibility index (Phi) is 6.82. The summed E-state index contributed by atoms with van der Waals surface area (Å²) in [5.41, 5.74) is 1.46. The lowest BCUT2D eigenvalue weighted by Gasteiger charge is -2.35. The van der Waals surface area contributed by atoms with E-state index in [9.17, 15) is 4.79 Å². The van der Waals surface area contributed by atoms with E-state index in [1.807, 2.05) is 0 Å². The maximum Gasteiger partial charge on any atom is 0.439 e. The number of terminal acetylenes is 1. The summed E-state index contributed by atoms with van der Waals surface area (Å²) < 4.78 is 12.8. The molecule has 11 nitrogen and oxygen atoms in total. The van der Waals surface area contributed by atoms with Gasteiger partial charge in [-0.2, -0.15) is 4.98 Å². The zero-order valence-electron chi connectivity index (χ0n) is 22.2. The summed E-state index contributed by atoms with van der Waals surface area (Å²) in [6.07, 6.45) is 13.7. The van der Waals surface area contributed by atoms with Crippen LogP contribution in [0.3, 0.4) is 0 Å². The third-order valence-electron chi connectivity index (χ3n) is 8.60. The van der Waals surface area contributed by atoms with Crippen LogP contribution in [0.2, 0.25) is 0 Å². The first-order chi connectivity index (χ1) is 18.5. The van der Waals surface area contributed by atoms with E-state index in [4.69, 9.17) is 30.6 Å². The van der Waals surface area contributed by atoms with E-state index in [2.05, 4.69) is 44.7 Å². The molecular weight excluding hydrogens is 484 g/mol. The van der Waals surface area contributed by atoms with E-state index >= 15 is 0 Å². The molecule has 11 heteroatoms. The lowest BCUT2D eigenvalue weighted by molar-refractivity contribution is 0.0976. The van der Waals surface area contributed by atoms with Crippen molar-refractivity contribution in [2.45, 2.75) is 77.4 Å². The van der Waals surface area contributed by atoms with Crippen LogP contribution < -0.4 is 16.0 Å². The van der Waals surface area contributed by atoms with E-state index in [-0.39, 0.29) is 23.7 Å². The predicted molar refractivity (Wildman–Crippen MR) is 144 cm³/mol. The summed E-state index contributed by atoms with van der Waals surface area (Å²) in [5.74, 6) is 5.85. The fourth-order valence-electron chi connectivity index (χ4n) is 6.02. The van der Waals surface area contributed by atoms with E-state index in [0.717, 1.165) is 50.2 Å². The zero-order chi connectivity index (χ0) is 26.2. The van der Waals surface area contributed by atoms with Gasteiger partial charge in [0, 0.05) is 25.0 Å². The number of hydrogen-bond acceptors (Lipinski definition) is 9. The lowest BCUT2D eigenvalue weighted by atomic mass is 9.80. The first-order valence-corrected chi connectivity index (χ1v) is 13.9. The van der Waals surface area contributed by atoms with Gasteiger partial charge in [0.25, 0.3) is 0 Å². The highest BCUT2D eigenvalue weighted by molar-refractivity contribution is 5.87. The van der Waals surface area contributed by atoms with Gasteiger partial charge in [0.1, 0.15) is 5.52 Å². The molecule has 0 unspecified atom stereocenters. The van der Waals surface area contributed by atoms with Crippen molar-refractivity contribution in [3.63, 3.8) is 0 Å². The molecule has 0 radical (unpaired) electrons. The van der Waals surface area contributed by atoms with Crippen molar-refractivity contribution in [2.75, 3.05) is 30.0 Å². The van der Waals surface area contributed by atoms with Crippen LogP contribution in [0.5, 0.6) is 0 Å². The van der Waals surface area contributed by atoms with Crippen molar-refractivity contribution in [1.82, 2.24) is 29.7 Å². The fraction of sp³-hybridized carbons (Fsp3) is 0.667. The van der Waals surface area contributed by atoms with Crippen LogP contribution in [0.25, 0.3) is 22.8 Å². The van der Waals surface area contributed by atoms with Gasteiger partial charge in [0.15, 0.2) is 11.5 Å². The van der Waals surface area contributed by atoms with Crippen molar-refractivity contribution in [3.8, 4) is 24.0 Å². The Morgan fingerprint density at radius 1 is 1.18 bits per heavy atom. The van der Waals surface area contributed by atoms with Crippen LogP contribution in [0, 0.1) is 30.1 Å². The number of imidazole rings is 1. The monoisotopic (exact) mass is 520 g/mol. The third-order valence-corrected chi connectivity index (χ3v) is 8.60. The minimum absolute atomic E-state index is 0.182. The van der Waals surface area contributed by atoms with E-state index < -0.39 is 5.76 Å². The van der Waals surface area contributed by atoms with Crippen molar-refractivity contribution in [2.24, 2.45) is 17.8 Å². The number of aromatic amines is 1. The summed E-state index contributed by atoms with van der Waals surface area (Å²) in [4.78, 5) is 31.3. The minimum atomic E-state index is -0.642. The standard InChI is InChI=1S/C27H36N8O3/c1-4-18-8-10-19(11-9-18)14-35-21-22(28-17(3)20-6-5-7-20)29-24(25-32-27(36)38-33-25)30-23(21)31-26(35)34-12-13-37-15-16(34)2/h1,16-20H,5-15H2,2-3H3,(H,28,29,30)(H,32,33,36)/t16-,17-,18-,19-/m1/s1. The summed E-state index contributed by atoms with van der Waals surface area (Å²) in [7, 11) is 0. The second kappa shape index (κ2) is 10.4. The fourth-order valence-corrected chi connectivity index (χ4v) is 6.02. The van der Waals surface area contributed by atoms with Crippen LogP contribution in [-0.2, 0) is 11.3 Å². The lowest BCUT2D eigenvalue weighted by Crippen LogP contribution is -2.45. The number of morpholine rings is 1. The number of nitrogens with zero attached hydrogens (tertiary/aromatic N) is 6. The largest absolute Gasteiger partial charge is 0.439 e. The van der Waals surface area contributed by atoms with Crippen molar-refractivity contribution >= 4 is 22.9 Å². The smallest absolute Gasteiger partial charge is 0.377 e. The van der Waals surface area contributed by atoms with Crippen molar-refractivity contribution < 1.29 is 9.26 Å². The SMILES string of the molecule is C#C[C@H]1CC[C@H](Cn2c(N3CCOC[C@H]3C)nc3nc(-c4noc(=O)[nH]4)nc(N[C@H](C)C4CCC4)c32)CC1. The number of anilines is 2. The molecule has 3 fully saturated rings. The van der Waals surface area contributed by atoms with Crippen LogP contribution in [0.4, 0.5) is 11.8 Å². The summed E-state index contributed by atoms with van der Waals surface area (Å²) >= 11 is 0. The van der Waals surface area contributed by atoms with Crippen molar-refractivity contribution in [3.05, 3.63) is 10.6 Å². The molecule has 1 saturated heterocycles. The van der Waals surface area contributed by atoms with Gasteiger partial charge in [-0.25, -0.2) is 14.8 Å². The van der Waals surface area contributed by atoms with Gasteiger partial charge < -0.3 is 19.5 Å². The zero-order valence-corrected chi connectivity index (χ0v) is 22.2. The van der Waals surface area contributed by atoms with Gasteiger partial charge in [-0.3, -0.25) is 9.51 Å². The van der Waals surface area contributed by atoms with Gasteiger partial charge in [-0.1, -0.05) is 11.6 Å². The van der Waals surface area contributed by atoms with Gasteiger partial charge >= 0.3 is 5.76 Å². The number of H-pyrrole nitrogens is 1. The molecule has 2 aliphatic carbocycles. The van der Waals surface area contributed by atoms with E-state index in [1.165, 1.54) is 19.3 Å². The number of hydrogen-bond donors (Lipinski definition) is 2. The molecule has 4 heterocycles. The van der Waals surface area contributed by atoms with Gasteiger partial charge in [-0.15, -0.1) is 12.3 Å². The second-order valence-electron chi connectivity index (χ2n) is 11.2.